The first-order valence-electron chi connectivity index (χ1n) is 7.58. The quantitative estimate of drug-likeness (QED) is 0.411. The molecule has 0 aliphatic carbocycles. The number of carbonyl (C=O) groups excluding carboxylic acids is 2. The number of phenols is 2. The van der Waals surface area contributed by atoms with Gasteiger partial charge in [-0.05, 0) is 25.5 Å². The number of hydrogen-bond donors (Lipinski definition) is 2. The molecule has 0 fully saturated rings. The van der Waals surface area contributed by atoms with Crippen molar-refractivity contribution < 1.29 is 19.8 Å². The van der Waals surface area contributed by atoms with Crippen molar-refractivity contribution in [3.63, 3.8) is 0 Å². The average Bonchev–Trinajstić information content (AvgIpc) is 2.47. The molecule has 0 radical (unpaired) electrons. The van der Waals surface area contributed by atoms with Crippen LogP contribution < -0.4 is 0 Å². The van der Waals surface area contributed by atoms with Crippen LogP contribution in [0.5, 0.6) is 11.5 Å². The van der Waals surface area contributed by atoms with Gasteiger partial charge in [0.1, 0.15) is 11.5 Å². The largest absolute Gasteiger partial charge is 0.508 e. The van der Waals surface area contributed by atoms with Crippen LogP contribution in [-0.2, 0) is 4.79 Å². The second-order valence-electron chi connectivity index (χ2n) is 5.38. The Morgan fingerprint density at radius 3 is 2.29 bits per heavy atom. The van der Waals surface area contributed by atoms with Crippen molar-refractivity contribution in [1.29, 1.82) is 0 Å². The molecule has 0 atom stereocenters. The summed E-state index contributed by atoms with van der Waals surface area (Å²) in [5.74, 6) is -1.56. The van der Waals surface area contributed by atoms with Gasteiger partial charge in [-0.15, -0.1) is 0 Å². The number of aromatic hydroxyl groups is 2. The van der Waals surface area contributed by atoms with Crippen molar-refractivity contribution in [1.82, 2.24) is 0 Å². The fraction of sp³-hybridized carbons (Fsp3) is 0.529. The number of ketones is 2. The Morgan fingerprint density at radius 2 is 1.62 bits per heavy atom. The predicted octanol–water partition coefficient (Wildman–Crippen LogP) is 3.91. The molecule has 0 unspecified atom stereocenters. The second-order valence-corrected chi connectivity index (χ2v) is 5.38. The van der Waals surface area contributed by atoms with Crippen LogP contribution >= 0.6 is 0 Å². The highest BCUT2D eigenvalue weighted by molar-refractivity contribution is 6.44. The lowest BCUT2D eigenvalue weighted by Gasteiger charge is -2.07. The van der Waals surface area contributed by atoms with Crippen molar-refractivity contribution in [3.8, 4) is 11.5 Å². The summed E-state index contributed by atoms with van der Waals surface area (Å²) < 4.78 is 0. The topological polar surface area (TPSA) is 74.6 Å². The van der Waals surface area contributed by atoms with Gasteiger partial charge in [-0.1, -0.05) is 39.0 Å². The van der Waals surface area contributed by atoms with Gasteiger partial charge in [-0.2, -0.15) is 0 Å². The molecule has 1 aromatic rings. The van der Waals surface area contributed by atoms with Gasteiger partial charge in [0, 0.05) is 12.0 Å². The molecule has 4 nitrogen and oxygen atoms in total. The van der Waals surface area contributed by atoms with Crippen LogP contribution in [0.2, 0.25) is 0 Å². The summed E-state index contributed by atoms with van der Waals surface area (Å²) >= 11 is 0. The Hall–Kier alpha value is -1.84. The van der Waals surface area contributed by atoms with E-state index in [-0.39, 0.29) is 29.0 Å². The maximum Gasteiger partial charge on any atom is 0.232 e. The summed E-state index contributed by atoms with van der Waals surface area (Å²) in [7, 11) is 0. The van der Waals surface area contributed by atoms with E-state index >= 15 is 0 Å². The molecule has 0 bridgehead atoms. The molecule has 0 aliphatic rings. The highest BCUT2D eigenvalue weighted by Gasteiger charge is 2.21. The molecule has 1 aromatic carbocycles. The van der Waals surface area contributed by atoms with Gasteiger partial charge < -0.3 is 10.2 Å². The van der Waals surface area contributed by atoms with E-state index in [9.17, 15) is 19.8 Å². The van der Waals surface area contributed by atoms with Gasteiger partial charge in [0.15, 0.2) is 0 Å². The minimum atomic E-state index is -0.677. The molecule has 1 rings (SSSR count). The van der Waals surface area contributed by atoms with Gasteiger partial charge in [-0.25, -0.2) is 0 Å². The Bertz CT molecular complexity index is 506. The first-order valence-corrected chi connectivity index (χ1v) is 7.58. The lowest BCUT2D eigenvalue weighted by Crippen LogP contribution is -2.14. The van der Waals surface area contributed by atoms with Crippen molar-refractivity contribution in [3.05, 3.63) is 23.3 Å². The minimum absolute atomic E-state index is 0.0266. The molecule has 0 amide bonds. The molecular formula is C17H24O4. The number of rotatable bonds is 9. The maximum absolute atomic E-state index is 12.0. The summed E-state index contributed by atoms with van der Waals surface area (Å²) in [6.07, 6.45) is 6.48. The van der Waals surface area contributed by atoms with Crippen LogP contribution in [-0.4, -0.2) is 21.8 Å². The normalized spacial score (nSPS) is 10.6. The fourth-order valence-electron chi connectivity index (χ4n) is 2.20. The third-order valence-electron chi connectivity index (χ3n) is 3.66. The maximum atomic E-state index is 12.0. The third kappa shape index (κ3) is 4.88. The number of carbonyl (C=O) groups is 2. The fourth-order valence-corrected chi connectivity index (χ4v) is 2.20. The molecule has 2 N–H and O–H groups in total. The van der Waals surface area contributed by atoms with Crippen LogP contribution in [0.1, 0.15) is 67.8 Å². The van der Waals surface area contributed by atoms with Crippen LogP contribution in [0.25, 0.3) is 0 Å². The Morgan fingerprint density at radius 1 is 1.00 bits per heavy atom. The lowest BCUT2D eigenvalue weighted by atomic mass is 9.99. The van der Waals surface area contributed by atoms with E-state index < -0.39 is 11.6 Å². The number of benzene rings is 1. The van der Waals surface area contributed by atoms with Gasteiger partial charge in [-0.3, -0.25) is 9.59 Å². The van der Waals surface area contributed by atoms with Crippen molar-refractivity contribution >= 4 is 11.6 Å². The molecule has 0 aromatic heterocycles. The Labute approximate surface area is 125 Å². The number of unbranched alkanes of at least 4 members (excludes halogenated alkanes) is 5. The zero-order chi connectivity index (χ0) is 15.8. The zero-order valence-corrected chi connectivity index (χ0v) is 12.8. The molecule has 4 heteroatoms. The molecular weight excluding hydrogens is 268 g/mol. The van der Waals surface area contributed by atoms with E-state index in [0.717, 1.165) is 19.3 Å². The van der Waals surface area contributed by atoms with Crippen molar-refractivity contribution in [2.24, 2.45) is 0 Å². The van der Waals surface area contributed by atoms with E-state index in [1.807, 2.05) is 0 Å². The van der Waals surface area contributed by atoms with Crippen LogP contribution in [0, 0.1) is 6.92 Å². The average molecular weight is 292 g/mol. The zero-order valence-electron chi connectivity index (χ0n) is 12.8. The number of Topliss-reactive ketones (excluding diaryl/α,β-unsaturated/α-hetero) is 2. The van der Waals surface area contributed by atoms with Gasteiger partial charge in [0.25, 0.3) is 0 Å². The first-order chi connectivity index (χ1) is 9.99. The van der Waals surface area contributed by atoms with Crippen LogP contribution in [0.15, 0.2) is 12.1 Å². The molecule has 21 heavy (non-hydrogen) atoms. The SMILES string of the molecule is CCCCCCCCC(=O)C(=O)c1ccc(O)c(C)c1O. The summed E-state index contributed by atoms with van der Waals surface area (Å²) in [6, 6.07) is 2.61. The van der Waals surface area contributed by atoms with Gasteiger partial charge >= 0.3 is 0 Å². The van der Waals surface area contributed by atoms with E-state index in [2.05, 4.69) is 6.92 Å². The smallest absolute Gasteiger partial charge is 0.232 e. The van der Waals surface area contributed by atoms with E-state index in [1.54, 1.807) is 0 Å². The monoisotopic (exact) mass is 292 g/mol. The number of phenolic OH excluding ortho intramolecular Hbond substituents is 2. The molecule has 0 saturated carbocycles. The Kier molecular flexibility index (Phi) is 6.92. The molecule has 0 aliphatic heterocycles. The third-order valence-corrected chi connectivity index (χ3v) is 3.66. The van der Waals surface area contributed by atoms with E-state index in [0.29, 0.717) is 6.42 Å². The lowest BCUT2D eigenvalue weighted by molar-refractivity contribution is -0.115. The van der Waals surface area contributed by atoms with Crippen molar-refractivity contribution in [2.45, 2.75) is 58.8 Å². The minimum Gasteiger partial charge on any atom is -0.508 e. The van der Waals surface area contributed by atoms with Gasteiger partial charge in [0.05, 0.1) is 5.56 Å². The van der Waals surface area contributed by atoms with Crippen molar-refractivity contribution in [2.75, 3.05) is 0 Å². The Balaban J connectivity index is 2.52. The summed E-state index contributed by atoms with van der Waals surface area (Å²) in [6.45, 7) is 3.65. The van der Waals surface area contributed by atoms with E-state index in [4.69, 9.17) is 0 Å². The molecule has 0 heterocycles. The highest BCUT2D eigenvalue weighted by atomic mass is 16.3. The first kappa shape index (κ1) is 17.2. The predicted molar refractivity (Wildman–Crippen MR) is 81.8 cm³/mol. The number of hydrogen-bond acceptors (Lipinski definition) is 4. The molecule has 116 valence electrons. The van der Waals surface area contributed by atoms with Crippen LogP contribution in [0.4, 0.5) is 0 Å². The van der Waals surface area contributed by atoms with E-state index in [1.165, 1.54) is 31.9 Å². The molecule has 0 saturated heterocycles. The van der Waals surface area contributed by atoms with Gasteiger partial charge in [0.2, 0.25) is 11.6 Å². The second kappa shape index (κ2) is 8.45. The highest BCUT2D eigenvalue weighted by Crippen LogP contribution is 2.30. The summed E-state index contributed by atoms with van der Waals surface area (Å²) in [5.41, 5.74) is 0.189. The van der Waals surface area contributed by atoms with Crippen LogP contribution in [0.3, 0.4) is 0 Å². The summed E-state index contributed by atoms with van der Waals surface area (Å²) in [4.78, 5) is 23.9. The standard InChI is InChI=1S/C17H24O4/c1-3-4-5-6-7-8-9-15(19)17(21)13-10-11-14(18)12(2)16(13)20/h10-11,18,20H,3-9H2,1-2H3. The molecule has 0 spiro atoms. The summed E-state index contributed by atoms with van der Waals surface area (Å²) in [5, 5.41) is 19.3.